The number of allylic oxidation sites excluding steroid dienone is 6. The van der Waals surface area contributed by atoms with Crippen LogP contribution in [-0.4, -0.2) is 26.2 Å². The third-order valence-electron chi connectivity index (χ3n) is 2.84. The van der Waals surface area contributed by atoms with Gasteiger partial charge in [0.25, 0.3) is 0 Å². The maximum Gasteiger partial charge on any atom is 4.00 e. The number of hydrogen-bond donors (Lipinski definition) is 0. The van der Waals surface area contributed by atoms with Gasteiger partial charge in [-0.25, -0.2) is 12.2 Å². The minimum atomic E-state index is 0. The predicted octanol–water partition coefficient (Wildman–Crippen LogP) is 7.62. The van der Waals surface area contributed by atoms with Crippen molar-refractivity contribution in [1.29, 1.82) is 0 Å². The van der Waals surface area contributed by atoms with Crippen molar-refractivity contribution in [2.24, 2.45) is 0 Å². The van der Waals surface area contributed by atoms with Crippen molar-refractivity contribution < 1.29 is 21.7 Å². The Bertz CT molecular complexity index is 258. The van der Waals surface area contributed by atoms with Gasteiger partial charge in [-0.05, 0) is 12.8 Å². The normalized spacial score (nSPS) is 10.2. The molecule has 0 atom stereocenters. The van der Waals surface area contributed by atoms with Crippen LogP contribution < -0.4 is 0 Å². The van der Waals surface area contributed by atoms with E-state index in [1.165, 1.54) is 6.42 Å². The summed E-state index contributed by atoms with van der Waals surface area (Å²) in [7, 11) is 0. The molecular formula is C23H42N2Ti. The van der Waals surface area contributed by atoms with Crippen LogP contribution in [0.1, 0.15) is 65.7 Å². The van der Waals surface area contributed by atoms with E-state index in [4.69, 9.17) is 0 Å². The van der Waals surface area contributed by atoms with Gasteiger partial charge in [0.1, 0.15) is 0 Å². The van der Waals surface area contributed by atoms with E-state index in [1.807, 2.05) is 24.3 Å². The molecule has 0 heterocycles. The second-order valence-corrected chi connectivity index (χ2v) is 5.25. The van der Waals surface area contributed by atoms with Crippen LogP contribution >= 0.6 is 0 Å². The molecule has 0 fully saturated rings. The summed E-state index contributed by atoms with van der Waals surface area (Å²) >= 11 is 0. The van der Waals surface area contributed by atoms with Crippen molar-refractivity contribution >= 4 is 0 Å². The van der Waals surface area contributed by atoms with Gasteiger partial charge in [0.05, 0.1) is 0 Å². The van der Waals surface area contributed by atoms with E-state index in [9.17, 15) is 0 Å². The minimum absolute atomic E-state index is 0. The number of nitrogens with zero attached hydrogens (tertiary/aromatic N) is 2. The molecule has 2 nitrogen and oxygen atoms in total. The topological polar surface area (TPSA) is 28.2 Å². The van der Waals surface area contributed by atoms with Crippen molar-refractivity contribution in [2.45, 2.75) is 65.7 Å². The molecule has 1 rings (SSSR count). The molecule has 0 saturated heterocycles. The summed E-state index contributed by atoms with van der Waals surface area (Å²) in [4.78, 5) is 0. The molecular weight excluding hydrogens is 352 g/mol. The zero-order valence-electron chi connectivity index (χ0n) is 17.7. The first-order valence-electron chi connectivity index (χ1n) is 9.74. The Morgan fingerprint density at radius 1 is 1.00 bits per heavy atom. The molecule has 0 unspecified atom stereocenters. The average molecular weight is 394 g/mol. The van der Waals surface area contributed by atoms with Gasteiger partial charge in [-0.15, -0.1) is 32.7 Å². The van der Waals surface area contributed by atoms with Gasteiger partial charge in [0, 0.05) is 0 Å². The standard InChI is InChI=1S/2C7H14N.C5H5.C4H9.Ti/c2*1-3-5-6-7-8-4-2;1-2-4-5-3-1;1-3-4-2;/h2*3H,1,4-7H2,2H3;1-3H,4H2;1,3-4H2,2H3;/q4*-1;+4. The first-order valence-corrected chi connectivity index (χ1v) is 9.74. The smallest absolute Gasteiger partial charge is 0.662 e. The molecule has 0 bridgehead atoms. The molecule has 0 radical (unpaired) electrons. The Hall–Kier alpha value is -0.406. The van der Waals surface area contributed by atoms with Gasteiger partial charge in [0.2, 0.25) is 0 Å². The van der Waals surface area contributed by atoms with Gasteiger partial charge in [-0.1, -0.05) is 52.2 Å². The molecule has 0 aromatic carbocycles. The summed E-state index contributed by atoms with van der Waals surface area (Å²) in [5.74, 6) is 0. The maximum absolute atomic E-state index is 4.16. The fourth-order valence-electron chi connectivity index (χ4n) is 1.35. The van der Waals surface area contributed by atoms with Crippen LogP contribution in [0.5, 0.6) is 0 Å². The molecule has 26 heavy (non-hydrogen) atoms. The molecule has 0 aromatic rings. The summed E-state index contributed by atoms with van der Waals surface area (Å²) in [5, 5.41) is 8.32. The molecule has 0 aliphatic heterocycles. The van der Waals surface area contributed by atoms with Crippen molar-refractivity contribution in [1.82, 2.24) is 0 Å². The van der Waals surface area contributed by atoms with Crippen LogP contribution in [0, 0.1) is 13.0 Å². The number of unbranched alkanes of at least 4 members (excludes halogenated alkanes) is 3. The largest absolute Gasteiger partial charge is 4.00 e. The van der Waals surface area contributed by atoms with Crippen molar-refractivity contribution in [3.63, 3.8) is 0 Å². The summed E-state index contributed by atoms with van der Waals surface area (Å²) in [6.45, 7) is 21.0. The SMILES string of the molecule is C=CCCC[N-]CC.C=CCCC[N-]CC.[C-]1=CC=CC1.[CH2-]CCC.[Ti+4]. The first kappa shape index (κ1) is 33.2. The van der Waals surface area contributed by atoms with Gasteiger partial charge in [-0.2, -0.15) is 25.6 Å². The van der Waals surface area contributed by atoms with E-state index in [0.717, 1.165) is 64.7 Å². The molecule has 0 amide bonds. The quantitative estimate of drug-likeness (QED) is 0.149. The average Bonchev–Trinajstić information content (AvgIpc) is 3.23. The molecule has 1 aliphatic carbocycles. The van der Waals surface area contributed by atoms with Gasteiger partial charge < -0.3 is 17.6 Å². The van der Waals surface area contributed by atoms with E-state index in [1.54, 1.807) is 0 Å². The van der Waals surface area contributed by atoms with Crippen molar-refractivity contribution in [3.05, 3.63) is 67.2 Å². The Kier molecular flexibility index (Phi) is 50.6. The fourth-order valence-corrected chi connectivity index (χ4v) is 1.35. The minimum Gasteiger partial charge on any atom is -0.662 e. The van der Waals surface area contributed by atoms with Crippen LogP contribution in [0.15, 0.2) is 43.5 Å². The summed E-state index contributed by atoms with van der Waals surface area (Å²) < 4.78 is 0. The monoisotopic (exact) mass is 394 g/mol. The first-order chi connectivity index (χ1) is 12.2. The summed E-state index contributed by atoms with van der Waals surface area (Å²) in [6.07, 6.45) is 20.7. The molecule has 0 N–H and O–H groups in total. The van der Waals surface area contributed by atoms with E-state index in [2.05, 4.69) is 63.6 Å². The van der Waals surface area contributed by atoms with Crippen LogP contribution in [0.3, 0.4) is 0 Å². The Labute approximate surface area is 180 Å². The van der Waals surface area contributed by atoms with Crippen LogP contribution in [0.25, 0.3) is 10.6 Å². The molecule has 0 aromatic heterocycles. The second-order valence-electron chi connectivity index (χ2n) is 5.25. The van der Waals surface area contributed by atoms with E-state index in [0.29, 0.717) is 0 Å². The van der Waals surface area contributed by atoms with E-state index < -0.39 is 0 Å². The predicted molar refractivity (Wildman–Crippen MR) is 118 cm³/mol. The molecule has 0 spiro atoms. The van der Waals surface area contributed by atoms with E-state index in [-0.39, 0.29) is 21.7 Å². The molecule has 1 aliphatic rings. The Morgan fingerprint density at radius 3 is 1.65 bits per heavy atom. The maximum atomic E-state index is 4.16. The van der Waals surface area contributed by atoms with E-state index >= 15 is 0 Å². The van der Waals surface area contributed by atoms with Crippen LogP contribution in [0.4, 0.5) is 0 Å². The third kappa shape index (κ3) is 49.5. The van der Waals surface area contributed by atoms with Gasteiger partial charge in [0.15, 0.2) is 0 Å². The van der Waals surface area contributed by atoms with Crippen LogP contribution in [0.2, 0.25) is 0 Å². The fraction of sp³-hybridized carbons (Fsp3) is 0.609. The summed E-state index contributed by atoms with van der Waals surface area (Å²) in [6, 6.07) is 0. The summed E-state index contributed by atoms with van der Waals surface area (Å²) in [5.41, 5.74) is 0. The molecule has 3 heteroatoms. The molecule has 0 saturated carbocycles. The zero-order valence-corrected chi connectivity index (χ0v) is 19.2. The van der Waals surface area contributed by atoms with Crippen molar-refractivity contribution in [2.75, 3.05) is 26.2 Å². The van der Waals surface area contributed by atoms with Crippen LogP contribution in [-0.2, 0) is 21.7 Å². The van der Waals surface area contributed by atoms with Crippen molar-refractivity contribution in [3.8, 4) is 0 Å². The van der Waals surface area contributed by atoms with Gasteiger partial charge in [-0.3, -0.25) is 6.08 Å². The second kappa shape index (κ2) is 39.6. The number of hydrogen-bond acceptors (Lipinski definition) is 0. The van der Waals surface area contributed by atoms with Gasteiger partial charge >= 0.3 is 21.7 Å². The Balaban J connectivity index is -0.000000127. The Morgan fingerprint density at radius 2 is 1.46 bits per heavy atom. The number of rotatable bonds is 11. The zero-order chi connectivity index (χ0) is 19.4. The molecule has 148 valence electrons. The third-order valence-corrected chi connectivity index (χ3v) is 2.84.